The predicted molar refractivity (Wildman–Crippen MR) is 113 cm³/mol. The van der Waals surface area contributed by atoms with E-state index in [0.717, 1.165) is 57.0 Å². The maximum absolute atomic E-state index is 12.3. The molecule has 1 aromatic carbocycles. The fourth-order valence-electron chi connectivity index (χ4n) is 4.12. The number of carbonyl (C=O) groups is 1. The van der Waals surface area contributed by atoms with Gasteiger partial charge < -0.3 is 24.8 Å². The lowest BCUT2D eigenvalue weighted by atomic mass is 9.98. The molecule has 2 heterocycles. The first-order valence-electron chi connectivity index (χ1n) is 10.7. The number of nitrogens with zero attached hydrogens (tertiary/aromatic N) is 2. The molecular weight excluding hydrogens is 370 g/mol. The van der Waals surface area contributed by atoms with Gasteiger partial charge in [0.1, 0.15) is 5.75 Å². The number of aliphatic hydroxyl groups is 1. The molecule has 2 N–H and O–H groups in total. The molecule has 29 heavy (non-hydrogen) atoms. The third kappa shape index (κ3) is 5.84. The Labute approximate surface area is 174 Å². The van der Waals surface area contributed by atoms with E-state index in [9.17, 15) is 9.90 Å². The minimum absolute atomic E-state index is 0.0218. The van der Waals surface area contributed by atoms with E-state index in [2.05, 4.69) is 21.2 Å². The second-order valence-electron chi connectivity index (χ2n) is 8.28. The number of aliphatic hydroxyl groups excluding tert-OH is 1. The molecule has 2 fully saturated rings. The Bertz CT molecular complexity index is 661. The van der Waals surface area contributed by atoms with Crippen LogP contribution in [-0.2, 0) is 9.53 Å². The van der Waals surface area contributed by atoms with Gasteiger partial charge in [-0.2, -0.15) is 0 Å². The van der Waals surface area contributed by atoms with Gasteiger partial charge in [-0.1, -0.05) is 12.1 Å². The number of para-hydroxylation sites is 2. The molecule has 3 atom stereocenters. The molecule has 2 saturated heterocycles. The summed E-state index contributed by atoms with van der Waals surface area (Å²) in [5.41, 5.74) is 1.15. The zero-order valence-corrected chi connectivity index (χ0v) is 17.8. The molecular formula is C22H35N3O4. The molecule has 1 aromatic rings. The highest BCUT2D eigenvalue weighted by Gasteiger charge is 2.35. The third-order valence-electron chi connectivity index (χ3n) is 5.73. The molecule has 0 aromatic heterocycles. The summed E-state index contributed by atoms with van der Waals surface area (Å²) in [6, 6.07) is 8.19. The number of hydrogen-bond donors (Lipinski definition) is 2. The minimum atomic E-state index is -0.751. The largest absolute Gasteiger partial charge is 0.495 e. The summed E-state index contributed by atoms with van der Waals surface area (Å²) < 4.78 is 11.4. The molecule has 2 aliphatic heterocycles. The average Bonchev–Trinajstić information content (AvgIpc) is 2.73. The summed E-state index contributed by atoms with van der Waals surface area (Å²) in [5.74, 6) is 0.712. The summed E-state index contributed by atoms with van der Waals surface area (Å²) in [6.07, 6.45) is 0.852. The maximum atomic E-state index is 12.3. The van der Waals surface area contributed by atoms with Crippen molar-refractivity contribution in [3.63, 3.8) is 0 Å². The fourth-order valence-corrected chi connectivity index (χ4v) is 4.12. The van der Waals surface area contributed by atoms with E-state index in [4.69, 9.17) is 9.47 Å². The molecule has 0 aliphatic carbocycles. The van der Waals surface area contributed by atoms with Crippen molar-refractivity contribution >= 4 is 11.6 Å². The van der Waals surface area contributed by atoms with Gasteiger partial charge in [-0.15, -0.1) is 0 Å². The van der Waals surface area contributed by atoms with Crippen LogP contribution in [0.15, 0.2) is 24.3 Å². The van der Waals surface area contributed by atoms with E-state index in [1.54, 1.807) is 7.11 Å². The van der Waals surface area contributed by atoms with Crippen molar-refractivity contribution in [1.29, 1.82) is 0 Å². The van der Waals surface area contributed by atoms with Gasteiger partial charge in [-0.25, -0.2) is 0 Å². The number of benzene rings is 1. The number of hydrogen-bond acceptors (Lipinski definition) is 6. The molecule has 0 bridgehead atoms. The van der Waals surface area contributed by atoms with Gasteiger partial charge in [0.05, 0.1) is 25.0 Å². The molecule has 0 radical (unpaired) electrons. The lowest BCUT2D eigenvalue weighted by Crippen LogP contribution is -2.51. The van der Waals surface area contributed by atoms with Crippen molar-refractivity contribution in [2.45, 2.75) is 57.5 Å². The van der Waals surface area contributed by atoms with Crippen LogP contribution in [-0.4, -0.2) is 80.1 Å². The summed E-state index contributed by atoms with van der Waals surface area (Å²) in [7, 11) is 1.71. The first kappa shape index (κ1) is 21.9. The van der Waals surface area contributed by atoms with Crippen molar-refractivity contribution in [3.8, 4) is 5.75 Å². The predicted octanol–water partition coefficient (Wildman–Crippen LogP) is 1.64. The van der Waals surface area contributed by atoms with Gasteiger partial charge in [0.15, 0.2) is 6.10 Å². The van der Waals surface area contributed by atoms with Gasteiger partial charge in [0, 0.05) is 38.8 Å². The maximum Gasteiger partial charge on any atom is 0.252 e. The van der Waals surface area contributed by atoms with Crippen LogP contribution in [0.3, 0.4) is 0 Å². The normalized spacial score (nSPS) is 25.8. The second-order valence-corrected chi connectivity index (χ2v) is 8.28. The monoisotopic (exact) mass is 405 g/mol. The number of carbonyl (C=O) groups excluding carboxylic acids is 1. The smallest absolute Gasteiger partial charge is 0.252 e. The van der Waals surface area contributed by atoms with Gasteiger partial charge in [-0.05, 0) is 45.2 Å². The zero-order chi connectivity index (χ0) is 20.8. The van der Waals surface area contributed by atoms with Gasteiger partial charge >= 0.3 is 0 Å². The van der Waals surface area contributed by atoms with Crippen LogP contribution in [0, 0.1) is 0 Å². The van der Waals surface area contributed by atoms with Gasteiger partial charge in [0.25, 0.3) is 5.91 Å². The number of piperazine rings is 1. The number of amides is 1. The van der Waals surface area contributed by atoms with Crippen molar-refractivity contribution in [3.05, 3.63) is 24.3 Å². The highest BCUT2D eigenvalue weighted by atomic mass is 16.5. The van der Waals surface area contributed by atoms with Gasteiger partial charge in [0.2, 0.25) is 0 Å². The molecule has 0 unspecified atom stereocenters. The highest BCUT2D eigenvalue weighted by Crippen LogP contribution is 2.28. The van der Waals surface area contributed by atoms with E-state index in [-0.39, 0.29) is 18.1 Å². The number of methoxy groups -OCH3 is 1. The van der Waals surface area contributed by atoms with Crippen LogP contribution in [0.5, 0.6) is 5.75 Å². The van der Waals surface area contributed by atoms with Crippen molar-refractivity contribution in [2.24, 2.45) is 0 Å². The van der Waals surface area contributed by atoms with Crippen molar-refractivity contribution in [2.75, 3.05) is 44.7 Å². The van der Waals surface area contributed by atoms with Crippen LogP contribution >= 0.6 is 0 Å². The summed E-state index contributed by atoms with van der Waals surface area (Å²) >= 11 is 0. The van der Waals surface area contributed by atoms with Crippen molar-refractivity contribution < 1.29 is 19.4 Å². The molecule has 1 amide bonds. The Morgan fingerprint density at radius 1 is 1.24 bits per heavy atom. The highest BCUT2D eigenvalue weighted by molar-refractivity contribution is 5.81. The summed E-state index contributed by atoms with van der Waals surface area (Å²) in [6.45, 7) is 8.67. The summed E-state index contributed by atoms with van der Waals surface area (Å²) in [4.78, 5) is 17.1. The van der Waals surface area contributed by atoms with E-state index < -0.39 is 12.2 Å². The third-order valence-corrected chi connectivity index (χ3v) is 5.73. The number of rotatable bonds is 7. The number of nitrogens with one attached hydrogen (secondary N) is 1. The fraction of sp³-hybridized carbons (Fsp3) is 0.682. The van der Waals surface area contributed by atoms with E-state index in [1.165, 1.54) is 0 Å². The molecule has 7 heteroatoms. The lowest BCUT2D eigenvalue weighted by Gasteiger charge is -2.38. The molecule has 7 nitrogen and oxygen atoms in total. The van der Waals surface area contributed by atoms with Crippen LogP contribution in [0.1, 0.15) is 33.1 Å². The minimum Gasteiger partial charge on any atom is -0.495 e. The lowest BCUT2D eigenvalue weighted by molar-refractivity contribution is -0.159. The molecule has 0 saturated carbocycles. The Balaban J connectivity index is 1.45. The Kier molecular flexibility index (Phi) is 7.75. The average molecular weight is 406 g/mol. The molecule has 2 aliphatic rings. The quantitative estimate of drug-likeness (QED) is 0.719. The SMILES string of the molecule is COc1ccccc1N1CCN(CC[C@@H]2CC[C@H](O)[C@H](C(=O)NC(C)C)O2)CC1. The number of ether oxygens (including phenoxy) is 2. The first-order chi connectivity index (χ1) is 14.0. The van der Waals surface area contributed by atoms with E-state index in [1.807, 2.05) is 32.0 Å². The summed E-state index contributed by atoms with van der Waals surface area (Å²) in [5, 5.41) is 13.0. The van der Waals surface area contributed by atoms with E-state index in [0.29, 0.717) is 6.42 Å². The second kappa shape index (κ2) is 10.3. The van der Waals surface area contributed by atoms with Crippen LogP contribution < -0.4 is 15.0 Å². The molecule has 0 spiro atoms. The molecule has 162 valence electrons. The zero-order valence-electron chi connectivity index (χ0n) is 17.8. The standard InChI is InChI=1S/C22H35N3O4/c1-16(2)23-22(27)21-19(26)9-8-17(29-21)10-11-24-12-14-25(15-13-24)18-6-4-5-7-20(18)28-3/h4-7,16-17,19,21,26H,8-15H2,1-3H3,(H,23,27)/t17-,19-,21+/m0/s1. The van der Waals surface area contributed by atoms with Crippen LogP contribution in [0.25, 0.3) is 0 Å². The first-order valence-corrected chi connectivity index (χ1v) is 10.7. The topological polar surface area (TPSA) is 74.3 Å². The Morgan fingerprint density at radius 2 is 1.97 bits per heavy atom. The number of anilines is 1. The van der Waals surface area contributed by atoms with Crippen LogP contribution in [0.4, 0.5) is 5.69 Å². The van der Waals surface area contributed by atoms with E-state index >= 15 is 0 Å². The Morgan fingerprint density at radius 3 is 2.66 bits per heavy atom. The van der Waals surface area contributed by atoms with Crippen molar-refractivity contribution in [1.82, 2.24) is 10.2 Å². The molecule has 3 rings (SSSR count). The van der Waals surface area contributed by atoms with Gasteiger partial charge in [-0.3, -0.25) is 9.69 Å². The Hall–Kier alpha value is -1.83. The van der Waals surface area contributed by atoms with Crippen LogP contribution in [0.2, 0.25) is 0 Å².